The zero-order valence-electron chi connectivity index (χ0n) is 7.39. The quantitative estimate of drug-likeness (QED) is 0.268. The summed E-state index contributed by atoms with van der Waals surface area (Å²) in [6.45, 7) is 1.41. The van der Waals surface area contributed by atoms with Gasteiger partial charge in [-0.1, -0.05) is 12.1 Å². The molecule has 72 valence electrons. The Balaban J connectivity index is 2.25. The highest BCUT2D eigenvalue weighted by atomic mass is 19.1. The molecule has 4 N–H and O–H groups in total. The third-order valence-corrected chi connectivity index (χ3v) is 1.73. The van der Waals surface area contributed by atoms with E-state index in [0.29, 0.717) is 6.67 Å². The summed E-state index contributed by atoms with van der Waals surface area (Å²) in [6, 6.07) is 6.51. The van der Waals surface area contributed by atoms with Crippen molar-refractivity contribution in [2.75, 3.05) is 13.2 Å². The van der Waals surface area contributed by atoms with Crippen LogP contribution in [0.3, 0.4) is 0 Å². The normalized spacial score (nSPS) is 10.3. The van der Waals surface area contributed by atoms with Crippen LogP contribution in [0, 0.1) is 5.82 Å². The second kappa shape index (κ2) is 5.64. The molecular formula is C9H14FN3. The summed E-state index contributed by atoms with van der Waals surface area (Å²) >= 11 is 0. The standard InChI is InChI=1S/C9H14FN3/c10-9-3-1-8(2-4-9)5-6-12-7-13-11/h1-4,12-13H,5-7,11H2. The molecule has 0 aliphatic carbocycles. The van der Waals surface area contributed by atoms with Crippen LogP contribution in [-0.2, 0) is 6.42 Å². The van der Waals surface area contributed by atoms with E-state index in [0.717, 1.165) is 18.5 Å². The second-order valence-electron chi connectivity index (χ2n) is 2.76. The lowest BCUT2D eigenvalue weighted by Crippen LogP contribution is -2.34. The molecule has 0 heterocycles. The Morgan fingerprint density at radius 1 is 1.23 bits per heavy atom. The second-order valence-corrected chi connectivity index (χ2v) is 2.76. The van der Waals surface area contributed by atoms with Crippen molar-refractivity contribution in [3.05, 3.63) is 35.6 Å². The van der Waals surface area contributed by atoms with Crippen LogP contribution in [0.2, 0.25) is 0 Å². The van der Waals surface area contributed by atoms with Gasteiger partial charge in [0, 0.05) is 6.54 Å². The molecule has 0 amide bonds. The Labute approximate surface area is 77.1 Å². The van der Waals surface area contributed by atoms with Crippen molar-refractivity contribution >= 4 is 0 Å². The van der Waals surface area contributed by atoms with Gasteiger partial charge in [0.1, 0.15) is 5.82 Å². The van der Waals surface area contributed by atoms with E-state index >= 15 is 0 Å². The van der Waals surface area contributed by atoms with Crippen LogP contribution in [0.5, 0.6) is 0 Å². The Morgan fingerprint density at radius 2 is 1.92 bits per heavy atom. The number of rotatable bonds is 5. The van der Waals surface area contributed by atoms with Gasteiger partial charge in [-0.2, -0.15) is 0 Å². The summed E-state index contributed by atoms with van der Waals surface area (Å²) < 4.78 is 12.5. The minimum absolute atomic E-state index is 0.194. The molecule has 1 aromatic rings. The number of halogens is 1. The van der Waals surface area contributed by atoms with E-state index in [1.165, 1.54) is 12.1 Å². The molecular weight excluding hydrogens is 169 g/mol. The molecule has 4 heteroatoms. The SMILES string of the molecule is NNCNCCc1ccc(F)cc1. The van der Waals surface area contributed by atoms with Crippen molar-refractivity contribution in [2.24, 2.45) is 5.84 Å². The fourth-order valence-corrected chi connectivity index (χ4v) is 1.04. The van der Waals surface area contributed by atoms with Crippen molar-refractivity contribution in [3.63, 3.8) is 0 Å². The van der Waals surface area contributed by atoms with E-state index < -0.39 is 0 Å². The Hall–Kier alpha value is -0.970. The molecule has 0 saturated carbocycles. The summed E-state index contributed by atoms with van der Waals surface area (Å²) in [5.74, 6) is 4.87. The topological polar surface area (TPSA) is 50.1 Å². The summed E-state index contributed by atoms with van der Waals surface area (Å²) in [6.07, 6.45) is 0.877. The zero-order chi connectivity index (χ0) is 9.52. The lowest BCUT2D eigenvalue weighted by atomic mass is 10.1. The highest BCUT2D eigenvalue weighted by Crippen LogP contribution is 2.02. The first-order valence-electron chi connectivity index (χ1n) is 4.21. The van der Waals surface area contributed by atoms with Gasteiger partial charge in [0.15, 0.2) is 0 Å². The maximum Gasteiger partial charge on any atom is 0.123 e. The number of benzene rings is 1. The lowest BCUT2D eigenvalue weighted by molar-refractivity contribution is 0.600. The van der Waals surface area contributed by atoms with Crippen LogP contribution >= 0.6 is 0 Å². The molecule has 1 aromatic carbocycles. The van der Waals surface area contributed by atoms with Crippen LogP contribution in [0.1, 0.15) is 5.56 Å². The summed E-state index contributed by atoms with van der Waals surface area (Å²) in [4.78, 5) is 0. The number of hydrogen-bond acceptors (Lipinski definition) is 3. The van der Waals surface area contributed by atoms with Gasteiger partial charge in [-0.15, -0.1) is 0 Å². The molecule has 0 atom stereocenters. The van der Waals surface area contributed by atoms with E-state index in [9.17, 15) is 4.39 Å². The first-order chi connectivity index (χ1) is 6.33. The third kappa shape index (κ3) is 3.98. The first-order valence-corrected chi connectivity index (χ1v) is 4.21. The van der Waals surface area contributed by atoms with Gasteiger partial charge in [-0.25, -0.2) is 9.82 Å². The molecule has 0 radical (unpaired) electrons. The Bertz CT molecular complexity index is 235. The van der Waals surface area contributed by atoms with Crippen LogP contribution in [0.25, 0.3) is 0 Å². The molecule has 0 spiro atoms. The summed E-state index contributed by atoms with van der Waals surface area (Å²) in [7, 11) is 0. The maximum absolute atomic E-state index is 12.5. The predicted molar refractivity (Wildman–Crippen MR) is 50.3 cm³/mol. The third-order valence-electron chi connectivity index (χ3n) is 1.73. The van der Waals surface area contributed by atoms with Gasteiger partial charge < -0.3 is 5.32 Å². The van der Waals surface area contributed by atoms with Gasteiger partial charge in [0.2, 0.25) is 0 Å². The van der Waals surface area contributed by atoms with Crippen LogP contribution in [-0.4, -0.2) is 13.2 Å². The average Bonchev–Trinajstić information content (AvgIpc) is 2.15. The summed E-state index contributed by atoms with van der Waals surface area (Å²) in [5, 5.41) is 3.07. The molecule has 0 aliphatic heterocycles. The molecule has 0 aliphatic rings. The van der Waals surface area contributed by atoms with Gasteiger partial charge in [0.05, 0.1) is 6.67 Å². The predicted octanol–water partition coefficient (Wildman–Crippen LogP) is 0.379. The van der Waals surface area contributed by atoms with E-state index in [4.69, 9.17) is 5.84 Å². The smallest absolute Gasteiger partial charge is 0.123 e. The molecule has 3 nitrogen and oxygen atoms in total. The fourth-order valence-electron chi connectivity index (χ4n) is 1.04. The summed E-state index contributed by atoms with van der Waals surface area (Å²) in [5.41, 5.74) is 3.61. The molecule has 0 aromatic heterocycles. The maximum atomic E-state index is 12.5. The molecule has 0 unspecified atom stereocenters. The fraction of sp³-hybridized carbons (Fsp3) is 0.333. The molecule has 0 fully saturated rings. The van der Waals surface area contributed by atoms with Gasteiger partial charge >= 0.3 is 0 Å². The largest absolute Gasteiger partial charge is 0.303 e. The van der Waals surface area contributed by atoms with Gasteiger partial charge in [-0.05, 0) is 24.1 Å². The van der Waals surface area contributed by atoms with Crippen LogP contribution in [0.4, 0.5) is 4.39 Å². The van der Waals surface area contributed by atoms with Crippen molar-refractivity contribution < 1.29 is 4.39 Å². The Kier molecular flexibility index (Phi) is 4.39. The lowest BCUT2D eigenvalue weighted by Gasteiger charge is -2.03. The van der Waals surface area contributed by atoms with Crippen molar-refractivity contribution in [1.29, 1.82) is 0 Å². The molecule has 13 heavy (non-hydrogen) atoms. The minimum atomic E-state index is -0.194. The zero-order valence-corrected chi connectivity index (χ0v) is 7.39. The first kappa shape index (κ1) is 10.1. The number of nitrogens with two attached hydrogens (primary N) is 1. The minimum Gasteiger partial charge on any atom is -0.303 e. The number of hydrazine groups is 1. The van der Waals surface area contributed by atoms with Gasteiger partial charge in [-0.3, -0.25) is 5.84 Å². The number of nitrogens with one attached hydrogen (secondary N) is 2. The van der Waals surface area contributed by atoms with E-state index in [2.05, 4.69) is 10.7 Å². The van der Waals surface area contributed by atoms with Crippen molar-refractivity contribution in [3.8, 4) is 0 Å². The highest BCUT2D eigenvalue weighted by Gasteiger charge is 1.92. The molecule has 1 rings (SSSR count). The molecule has 0 saturated heterocycles. The monoisotopic (exact) mass is 183 g/mol. The molecule has 0 bridgehead atoms. The van der Waals surface area contributed by atoms with E-state index in [1.54, 1.807) is 12.1 Å². The average molecular weight is 183 g/mol. The Morgan fingerprint density at radius 3 is 2.54 bits per heavy atom. The van der Waals surface area contributed by atoms with Crippen molar-refractivity contribution in [1.82, 2.24) is 10.7 Å². The highest BCUT2D eigenvalue weighted by molar-refractivity contribution is 5.16. The van der Waals surface area contributed by atoms with Crippen LogP contribution in [0.15, 0.2) is 24.3 Å². The van der Waals surface area contributed by atoms with Gasteiger partial charge in [0.25, 0.3) is 0 Å². The van der Waals surface area contributed by atoms with Crippen LogP contribution < -0.4 is 16.6 Å². The van der Waals surface area contributed by atoms with Crippen molar-refractivity contribution in [2.45, 2.75) is 6.42 Å². The number of hydrogen-bond donors (Lipinski definition) is 3. The van der Waals surface area contributed by atoms with E-state index in [1.807, 2.05) is 0 Å². The van der Waals surface area contributed by atoms with E-state index in [-0.39, 0.29) is 5.82 Å².